The van der Waals surface area contributed by atoms with Gasteiger partial charge in [0.15, 0.2) is 0 Å². The maximum Gasteiger partial charge on any atom is 0.0794 e. The van der Waals surface area contributed by atoms with Gasteiger partial charge in [-0.3, -0.25) is 20.9 Å². The molecule has 3 N–H and O–H groups in total. The van der Waals surface area contributed by atoms with Crippen LogP contribution in [0.25, 0.3) is 0 Å². The zero-order valence-electron chi connectivity index (χ0n) is 10.3. The first-order valence-corrected chi connectivity index (χ1v) is 6.35. The van der Waals surface area contributed by atoms with Gasteiger partial charge in [-0.05, 0) is 13.8 Å². The van der Waals surface area contributed by atoms with Crippen molar-refractivity contribution >= 4 is 11.3 Å². The molecule has 1 atom stereocenters. The van der Waals surface area contributed by atoms with Crippen LogP contribution in [0, 0.1) is 13.8 Å². The number of aromatic nitrogens is 3. The van der Waals surface area contributed by atoms with Crippen molar-refractivity contribution < 1.29 is 0 Å². The van der Waals surface area contributed by atoms with Crippen LogP contribution in [-0.4, -0.2) is 14.8 Å². The Hall–Kier alpha value is -1.24. The minimum absolute atomic E-state index is 0.0872. The second-order valence-corrected chi connectivity index (χ2v) is 5.07. The summed E-state index contributed by atoms with van der Waals surface area (Å²) in [5, 5.41) is 4.42. The fraction of sp³-hybridized carbons (Fsp3) is 0.455. The summed E-state index contributed by atoms with van der Waals surface area (Å²) in [5.41, 5.74) is 8.07. The summed E-state index contributed by atoms with van der Waals surface area (Å²) in [6.07, 6.45) is 2.73. The fourth-order valence-electron chi connectivity index (χ4n) is 2.08. The number of hydrogen-bond donors (Lipinski definition) is 2. The smallest absolute Gasteiger partial charge is 0.0794 e. The van der Waals surface area contributed by atoms with Crippen molar-refractivity contribution in [3.05, 3.63) is 33.5 Å². The second kappa shape index (κ2) is 4.95. The topological polar surface area (TPSA) is 68.8 Å². The molecule has 0 aliphatic heterocycles. The average molecular weight is 251 g/mol. The van der Waals surface area contributed by atoms with Crippen LogP contribution >= 0.6 is 11.3 Å². The molecule has 0 saturated carbocycles. The molecule has 0 radical (unpaired) electrons. The quantitative estimate of drug-likeness (QED) is 0.633. The van der Waals surface area contributed by atoms with Gasteiger partial charge < -0.3 is 0 Å². The number of nitrogens with two attached hydrogens (primary N) is 1. The highest BCUT2D eigenvalue weighted by molar-refractivity contribution is 7.09. The standard InChI is InChI=1S/C11H17N5S/c1-7-11(8(2)16(3)15-7)10(14-12)4-9-5-13-6-17-9/h5-6,10,14H,4,12H2,1-3H3. The van der Waals surface area contributed by atoms with Crippen molar-refractivity contribution in [3.63, 3.8) is 0 Å². The Labute approximate surface area is 105 Å². The third-order valence-electron chi connectivity index (χ3n) is 3.00. The van der Waals surface area contributed by atoms with Crippen molar-refractivity contribution in [2.75, 3.05) is 0 Å². The molecule has 2 aromatic rings. The van der Waals surface area contributed by atoms with Crippen molar-refractivity contribution in [2.45, 2.75) is 26.3 Å². The third kappa shape index (κ3) is 2.38. The van der Waals surface area contributed by atoms with Gasteiger partial charge in [0.1, 0.15) is 0 Å². The third-order valence-corrected chi connectivity index (χ3v) is 3.81. The van der Waals surface area contributed by atoms with E-state index in [1.165, 1.54) is 10.4 Å². The predicted octanol–water partition coefficient (Wildman–Crippen LogP) is 1.24. The Morgan fingerprint density at radius 2 is 2.29 bits per heavy atom. The zero-order valence-corrected chi connectivity index (χ0v) is 11.1. The van der Waals surface area contributed by atoms with Crippen LogP contribution in [0.4, 0.5) is 0 Å². The zero-order chi connectivity index (χ0) is 12.4. The van der Waals surface area contributed by atoms with E-state index in [-0.39, 0.29) is 6.04 Å². The Morgan fingerprint density at radius 3 is 2.76 bits per heavy atom. The first kappa shape index (κ1) is 12.2. The molecule has 0 aliphatic rings. The average Bonchev–Trinajstić information content (AvgIpc) is 2.87. The normalized spacial score (nSPS) is 12.9. The number of nitrogens with zero attached hydrogens (tertiary/aromatic N) is 3. The van der Waals surface area contributed by atoms with Gasteiger partial charge in [-0.25, -0.2) is 0 Å². The number of hydrogen-bond acceptors (Lipinski definition) is 5. The van der Waals surface area contributed by atoms with Crippen LogP contribution in [0.3, 0.4) is 0 Å². The van der Waals surface area contributed by atoms with Crippen molar-refractivity contribution in [3.8, 4) is 0 Å². The van der Waals surface area contributed by atoms with Gasteiger partial charge in [-0.2, -0.15) is 5.10 Å². The predicted molar refractivity (Wildman–Crippen MR) is 68.6 cm³/mol. The Balaban J connectivity index is 2.29. The first-order chi connectivity index (χ1) is 8.13. The second-order valence-electron chi connectivity index (χ2n) is 4.10. The summed E-state index contributed by atoms with van der Waals surface area (Å²) in [6, 6.07) is 0.0872. The van der Waals surface area contributed by atoms with Gasteiger partial charge in [0, 0.05) is 35.8 Å². The van der Waals surface area contributed by atoms with E-state index in [9.17, 15) is 0 Å². The molecule has 17 heavy (non-hydrogen) atoms. The van der Waals surface area contributed by atoms with E-state index in [0.29, 0.717) is 0 Å². The van der Waals surface area contributed by atoms with Gasteiger partial charge in [-0.1, -0.05) is 0 Å². The van der Waals surface area contributed by atoms with Gasteiger partial charge in [0.2, 0.25) is 0 Å². The molecule has 0 bridgehead atoms. The van der Waals surface area contributed by atoms with Gasteiger partial charge in [0.25, 0.3) is 0 Å². The highest BCUT2D eigenvalue weighted by Gasteiger charge is 2.19. The van der Waals surface area contributed by atoms with E-state index < -0.39 is 0 Å². The van der Waals surface area contributed by atoms with E-state index in [4.69, 9.17) is 5.84 Å². The van der Waals surface area contributed by atoms with Crippen molar-refractivity contribution in [1.82, 2.24) is 20.2 Å². The molecule has 0 spiro atoms. The molecular formula is C11H17N5S. The first-order valence-electron chi connectivity index (χ1n) is 5.47. The molecule has 1 unspecified atom stereocenters. The summed E-state index contributed by atoms with van der Waals surface area (Å²) in [7, 11) is 1.95. The van der Waals surface area contributed by atoms with E-state index in [1.54, 1.807) is 11.3 Å². The molecular weight excluding hydrogens is 234 g/mol. The van der Waals surface area contributed by atoms with Gasteiger partial charge in [-0.15, -0.1) is 11.3 Å². The van der Waals surface area contributed by atoms with Crippen LogP contribution in [-0.2, 0) is 13.5 Å². The van der Waals surface area contributed by atoms with Crippen molar-refractivity contribution in [2.24, 2.45) is 12.9 Å². The molecule has 0 saturated heterocycles. The molecule has 2 heterocycles. The number of aryl methyl sites for hydroxylation is 2. The minimum atomic E-state index is 0.0872. The summed E-state index contributed by atoms with van der Waals surface area (Å²) in [6.45, 7) is 4.08. The van der Waals surface area contributed by atoms with E-state index in [1.807, 2.05) is 30.4 Å². The molecule has 0 aliphatic carbocycles. The van der Waals surface area contributed by atoms with E-state index >= 15 is 0 Å². The monoisotopic (exact) mass is 251 g/mol. The number of nitrogens with one attached hydrogen (secondary N) is 1. The molecule has 92 valence electrons. The molecule has 5 nitrogen and oxygen atoms in total. The molecule has 0 amide bonds. The van der Waals surface area contributed by atoms with Crippen LogP contribution < -0.4 is 11.3 Å². The van der Waals surface area contributed by atoms with Gasteiger partial charge in [0.05, 0.1) is 17.2 Å². The Morgan fingerprint density at radius 1 is 1.53 bits per heavy atom. The highest BCUT2D eigenvalue weighted by atomic mass is 32.1. The maximum atomic E-state index is 5.67. The number of hydrazine groups is 1. The lowest BCUT2D eigenvalue weighted by Gasteiger charge is -2.15. The van der Waals surface area contributed by atoms with Gasteiger partial charge >= 0.3 is 0 Å². The number of thiazole rings is 1. The Kier molecular flexibility index (Phi) is 3.56. The maximum absolute atomic E-state index is 5.67. The molecule has 0 aromatic carbocycles. The summed E-state index contributed by atoms with van der Waals surface area (Å²) >= 11 is 1.65. The molecule has 2 rings (SSSR count). The summed E-state index contributed by atoms with van der Waals surface area (Å²) < 4.78 is 1.89. The van der Waals surface area contributed by atoms with E-state index in [2.05, 4.69) is 22.4 Å². The molecule has 0 fully saturated rings. The largest absolute Gasteiger partial charge is 0.272 e. The summed E-state index contributed by atoms with van der Waals surface area (Å²) in [4.78, 5) is 5.30. The van der Waals surface area contributed by atoms with Crippen LogP contribution in [0.15, 0.2) is 11.7 Å². The number of rotatable bonds is 4. The SMILES string of the molecule is Cc1nn(C)c(C)c1C(Cc1cncs1)NN. The van der Waals surface area contributed by atoms with Crippen molar-refractivity contribution in [1.29, 1.82) is 0 Å². The Bertz CT molecular complexity index is 488. The van der Waals surface area contributed by atoms with E-state index in [0.717, 1.165) is 17.8 Å². The lowest BCUT2D eigenvalue weighted by atomic mass is 10.0. The lowest BCUT2D eigenvalue weighted by molar-refractivity contribution is 0.549. The van der Waals surface area contributed by atoms with Crippen LogP contribution in [0.5, 0.6) is 0 Å². The molecule has 6 heteroatoms. The fourth-order valence-corrected chi connectivity index (χ4v) is 2.72. The van der Waals surface area contributed by atoms with Crippen LogP contribution in [0.1, 0.15) is 27.9 Å². The van der Waals surface area contributed by atoms with Crippen LogP contribution in [0.2, 0.25) is 0 Å². The summed E-state index contributed by atoms with van der Waals surface area (Å²) in [5.74, 6) is 5.67. The highest BCUT2D eigenvalue weighted by Crippen LogP contribution is 2.24. The minimum Gasteiger partial charge on any atom is -0.272 e. The molecule has 2 aromatic heterocycles. The lowest BCUT2D eigenvalue weighted by Crippen LogP contribution is -2.30.